The Morgan fingerprint density at radius 3 is 2.45 bits per heavy atom. The van der Waals surface area contributed by atoms with Crippen LogP contribution in [-0.4, -0.2) is 82.5 Å². The molecular formula is C21H31N5O2S. The molecule has 1 fully saturated rings. The molecule has 0 spiro atoms. The van der Waals surface area contributed by atoms with Crippen molar-refractivity contribution in [1.82, 2.24) is 24.3 Å². The lowest BCUT2D eigenvalue weighted by Gasteiger charge is -2.34. The Bertz CT molecular complexity index is 971. The molecule has 0 unspecified atom stereocenters. The van der Waals surface area contributed by atoms with Gasteiger partial charge in [0.1, 0.15) is 0 Å². The minimum atomic E-state index is -0.105. The quantitative estimate of drug-likeness (QED) is 0.700. The van der Waals surface area contributed by atoms with Gasteiger partial charge in [-0.2, -0.15) is 0 Å². The summed E-state index contributed by atoms with van der Waals surface area (Å²) in [5, 5.41) is 0.561. The third-order valence-electron chi connectivity index (χ3n) is 5.87. The van der Waals surface area contributed by atoms with Crippen LogP contribution >= 0.6 is 12.2 Å². The van der Waals surface area contributed by atoms with Crippen molar-refractivity contribution in [2.45, 2.75) is 27.3 Å². The van der Waals surface area contributed by atoms with Crippen molar-refractivity contribution in [1.29, 1.82) is 0 Å². The van der Waals surface area contributed by atoms with Gasteiger partial charge in [0.05, 0.1) is 10.9 Å². The standard InChI is InChI=1S/C21H31N5O2S/c1-4-23(5-2)11-14-26-20(28)17-8-7-16(15-18(17)22-21(26)29)19(27)25-12-9-24(6-3)10-13-25/h7-8,15H,4-6,9-14H2,1-3H3,(H,22,29). The number of fused-ring (bicyclic) bond motifs is 1. The van der Waals surface area contributed by atoms with Crippen molar-refractivity contribution in [2.75, 3.05) is 52.4 Å². The molecule has 1 aliphatic heterocycles. The van der Waals surface area contributed by atoms with Crippen molar-refractivity contribution < 1.29 is 4.79 Å². The smallest absolute Gasteiger partial charge is 0.262 e. The Hall–Kier alpha value is -2.03. The van der Waals surface area contributed by atoms with Crippen LogP contribution in [0.15, 0.2) is 23.0 Å². The van der Waals surface area contributed by atoms with Crippen molar-refractivity contribution in [3.05, 3.63) is 38.9 Å². The highest BCUT2D eigenvalue weighted by Crippen LogP contribution is 2.14. The van der Waals surface area contributed by atoms with Crippen LogP contribution in [0.25, 0.3) is 10.9 Å². The number of piperazine rings is 1. The number of amides is 1. The average molecular weight is 418 g/mol. The van der Waals surface area contributed by atoms with E-state index in [1.807, 2.05) is 4.90 Å². The van der Waals surface area contributed by atoms with Gasteiger partial charge in [-0.15, -0.1) is 0 Å². The van der Waals surface area contributed by atoms with Gasteiger partial charge >= 0.3 is 0 Å². The van der Waals surface area contributed by atoms with Gasteiger partial charge in [0, 0.05) is 44.8 Å². The van der Waals surface area contributed by atoms with Crippen LogP contribution < -0.4 is 5.56 Å². The Kier molecular flexibility index (Phi) is 7.21. The summed E-state index contributed by atoms with van der Waals surface area (Å²) < 4.78 is 2.01. The zero-order valence-corrected chi connectivity index (χ0v) is 18.4. The predicted octanol–water partition coefficient (Wildman–Crippen LogP) is 2.18. The predicted molar refractivity (Wildman–Crippen MR) is 119 cm³/mol. The number of benzene rings is 1. The molecule has 1 aromatic heterocycles. The number of hydrogen-bond donors (Lipinski definition) is 1. The summed E-state index contributed by atoms with van der Waals surface area (Å²) in [5.74, 6) is 0.00711. The van der Waals surface area contributed by atoms with Crippen LogP contribution in [-0.2, 0) is 6.54 Å². The highest BCUT2D eigenvalue weighted by atomic mass is 32.1. The van der Waals surface area contributed by atoms with E-state index >= 15 is 0 Å². The summed E-state index contributed by atoms with van der Waals surface area (Å²) >= 11 is 5.44. The van der Waals surface area contributed by atoms with Crippen LogP contribution in [0.4, 0.5) is 0 Å². The van der Waals surface area contributed by atoms with Crippen LogP contribution in [0.5, 0.6) is 0 Å². The molecule has 0 aliphatic carbocycles. The largest absolute Gasteiger partial charge is 0.336 e. The van der Waals surface area contributed by atoms with Crippen molar-refractivity contribution in [3.8, 4) is 0 Å². The van der Waals surface area contributed by atoms with Gasteiger partial charge in [-0.05, 0) is 50.1 Å². The third kappa shape index (κ3) is 4.76. The van der Waals surface area contributed by atoms with Crippen LogP contribution in [0.1, 0.15) is 31.1 Å². The normalized spacial score (nSPS) is 15.4. The highest BCUT2D eigenvalue weighted by Gasteiger charge is 2.21. The molecule has 1 N–H and O–H groups in total. The first kappa shape index (κ1) is 21.7. The van der Waals surface area contributed by atoms with Crippen molar-refractivity contribution >= 4 is 29.0 Å². The topological polar surface area (TPSA) is 64.6 Å². The molecule has 8 heteroatoms. The van der Waals surface area contributed by atoms with E-state index in [-0.39, 0.29) is 11.5 Å². The van der Waals surface area contributed by atoms with Gasteiger partial charge in [-0.3, -0.25) is 14.2 Å². The van der Waals surface area contributed by atoms with E-state index < -0.39 is 0 Å². The number of hydrogen-bond acceptors (Lipinski definition) is 5. The average Bonchev–Trinajstić information content (AvgIpc) is 2.75. The molecule has 7 nitrogen and oxygen atoms in total. The maximum atomic E-state index is 12.9. The molecule has 1 saturated heterocycles. The second-order valence-electron chi connectivity index (χ2n) is 7.40. The molecule has 3 rings (SSSR count). The minimum absolute atomic E-state index is 0.00711. The van der Waals surface area contributed by atoms with Crippen LogP contribution in [0.3, 0.4) is 0 Å². The SMILES string of the molecule is CCN(CC)CCn1c(=S)[nH]c2cc(C(=O)N3CCN(CC)CC3)ccc2c1=O. The number of rotatable bonds is 7. The first-order valence-electron chi connectivity index (χ1n) is 10.5. The fourth-order valence-electron chi connectivity index (χ4n) is 3.82. The maximum Gasteiger partial charge on any atom is 0.262 e. The maximum absolute atomic E-state index is 12.9. The van der Waals surface area contributed by atoms with E-state index in [4.69, 9.17) is 12.2 Å². The van der Waals surface area contributed by atoms with E-state index in [1.165, 1.54) is 0 Å². The monoisotopic (exact) mass is 417 g/mol. The van der Waals surface area contributed by atoms with Gasteiger partial charge < -0.3 is 19.7 Å². The van der Waals surface area contributed by atoms with E-state index in [9.17, 15) is 9.59 Å². The molecule has 1 aromatic carbocycles. The molecule has 2 heterocycles. The molecule has 0 bridgehead atoms. The number of carbonyl (C=O) groups is 1. The molecule has 0 saturated carbocycles. The Balaban J connectivity index is 1.84. The van der Waals surface area contributed by atoms with Gasteiger partial charge in [0.15, 0.2) is 4.77 Å². The first-order chi connectivity index (χ1) is 14.0. The molecule has 1 amide bonds. The Labute approximate surface area is 176 Å². The lowest BCUT2D eigenvalue weighted by molar-refractivity contribution is 0.0643. The third-order valence-corrected chi connectivity index (χ3v) is 6.19. The summed E-state index contributed by atoms with van der Waals surface area (Å²) in [6.45, 7) is 13.8. The summed E-state index contributed by atoms with van der Waals surface area (Å²) in [7, 11) is 0. The van der Waals surface area contributed by atoms with E-state index in [0.29, 0.717) is 27.8 Å². The number of nitrogens with one attached hydrogen (secondary N) is 1. The second-order valence-corrected chi connectivity index (χ2v) is 7.79. The number of H-pyrrole nitrogens is 1. The summed E-state index contributed by atoms with van der Waals surface area (Å²) in [4.78, 5) is 35.5. The van der Waals surface area contributed by atoms with E-state index in [0.717, 1.165) is 52.4 Å². The van der Waals surface area contributed by atoms with Gasteiger partial charge in [0.25, 0.3) is 11.5 Å². The number of aromatic nitrogens is 2. The molecule has 2 aromatic rings. The second kappa shape index (κ2) is 9.65. The fraction of sp³-hybridized carbons (Fsp3) is 0.571. The summed E-state index contributed by atoms with van der Waals surface area (Å²) in [6, 6.07) is 5.26. The molecule has 158 valence electrons. The number of carbonyl (C=O) groups excluding carboxylic acids is 1. The number of nitrogens with zero attached hydrogens (tertiary/aromatic N) is 4. The molecule has 0 atom stereocenters. The lowest BCUT2D eigenvalue weighted by atomic mass is 10.1. The zero-order chi connectivity index (χ0) is 21.0. The zero-order valence-electron chi connectivity index (χ0n) is 17.6. The molecule has 1 aliphatic rings. The van der Waals surface area contributed by atoms with Gasteiger partial charge in [0.2, 0.25) is 0 Å². The van der Waals surface area contributed by atoms with E-state index in [2.05, 4.69) is 35.6 Å². The van der Waals surface area contributed by atoms with Crippen LogP contribution in [0.2, 0.25) is 0 Å². The van der Waals surface area contributed by atoms with Gasteiger partial charge in [-0.1, -0.05) is 20.8 Å². The van der Waals surface area contributed by atoms with Gasteiger partial charge in [-0.25, -0.2) is 0 Å². The Morgan fingerprint density at radius 2 is 1.83 bits per heavy atom. The fourth-order valence-corrected chi connectivity index (χ4v) is 4.11. The Morgan fingerprint density at radius 1 is 1.14 bits per heavy atom. The lowest BCUT2D eigenvalue weighted by Crippen LogP contribution is -2.48. The summed E-state index contributed by atoms with van der Waals surface area (Å²) in [6.07, 6.45) is 0. The number of aromatic amines is 1. The summed E-state index contributed by atoms with van der Waals surface area (Å²) in [5.41, 5.74) is 1.11. The van der Waals surface area contributed by atoms with Crippen molar-refractivity contribution in [2.24, 2.45) is 0 Å². The molecule has 29 heavy (non-hydrogen) atoms. The van der Waals surface area contributed by atoms with Crippen molar-refractivity contribution in [3.63, 3.8) is 0 Å². The van der Waals surface area contributed by atoms with E-state index in [1.54, 1.807) is 22.8 Å². The molecule has 0 radical (unpaired) electrons. The molecular weight excluding hydrogens is 386 g/mol. The number of likely N-dealkylation sites (N-methyl/N-ethyl adjacent to an activating group) is 2. The minimum Gasteiger partial charge on any atom is -0.336 e. The first-order valence-corrected chi connectivity index (χ1v) is 10.9. The van der Waals surface area contributed by atoms with Crippen LogP contribution in [0, 0.1) is 4.77 Å². The highest BCUT2D eigenvalue weighted by molar-refractivity contribution is 7.71.